The van der Waals surface area contributed by atoms with E-state index in [0.717, 1.165) is 27.5 Å². The first kappa shape index (κ1) is 21.2. The van der Waals surface area contributed by atoms with Crippen molar-refractivity contribution < 1.29 is 4.79 Å². The molecule has 1 fully saturated rings. The summed E-state index contributed by atoms with van der Waals surface area (Å²) >= 11 is 3.05. The van der Waals surface area contributed by atoms with Crippen molar-refractivity contribution in [3.63, 3.8) is 0 Å². The normalized spacial score (nSPS) is 16.0. The third kappa shape index (κ3) is 4.67. The van der Waals surface area contributed by atoms with Crippen LogP contribution in [-0.2, 0) is 4.79 Å². The van der Waals surface area contributed by atoms with Crippen LogP contribution in [0.1, 0.15) is 67.5 Å². The Hall–Kier alpha value is -1.99. The molecule has 0 saturated heterocycles. The van der Waals surface area contributed by atoms with Gasteiger partial charge in [0.05, 0.1) is 15.8 Å². The fourth-order valence-electron chi connectivity index (χ4n) is 4.04. The maximum Gasteiger partial charge on any atom is 0.239 e. The van der Waals surface area contributed by atoms with E-state index in [4.69, 9.17) is 4.98 Å². The van der Waals surface area contributed by atoms with Crippen LogP contribution in [0.3, 0.4) is 0 Å². The second-order valence-corrected chi connectivity index (χ2v) is 10.3. The van der Waals surface area contributed by atoms with E-state index in [1.807, 2.05) is 6.92 Å². The van der Waals surface area contributed by atoms with E-state index in [9.17, 15) is 4.79 Å². The van der Waals surface area contributed by atoms with Gasteiger partial charge in [0.2, 0.25) is 11.0 Å². The first-order valence-electron chi connectivity index (χ1n) is 10.7. The summed E-state index contributed by atoms with van der Waals surface area (Å²) < 4.78 is 0. The van der Waals surface area contributed by atoms with Gasteiger partial charge >= 0.3 is 0 Å². The lowest BCUT2D eigenvalue weighted by Crippen LogP contribution is -2.24. The minimum absolute atomic E-state index is 0.0295. The molecule has 0 radical (unpaired) electrons. The van der Waals surface area contributed by atoms with Crippen LogP contribution in [0.2, 0.25) is 0 Å². The summed E-state index contributed by atoms with van der Waals surface area (Å²) in [6, 6.07) is 8.31. The number of anilines is 1. The highest BCUT2D eigenvalue weighted by molar-refractivity contribution is 8.00. The van der Waals surface area contributed by atoms with Crippen LogP contribution in [-0.4, -0.2) is 26.3 Å². The lowest BCUT2D eigenvalue weighted by molar-refractivity contribution is -0.115. The zero-order chi connectivity index (χ0) is 21.1. The monoisotopic (exact) mass is 440 g/mol. The lowest BCUT2D eigenvalue weighted by atomic mass is 9.90. The molecule has 1 saturated carbocycles. The van der Waals surface area contributed by atoms with Gasteiger partial charge < -0.3 is 0 Å². The van der Waals surface area contributed by atoms with Crippen LogP contribution >= 0.6 is 23.1 Å². The predicted molar refractivity (Wildman–Crippen MR) is 126 cm³/mol. The average molecular weight is 441 g/mol. The number of pyridine rings is 1. The van der Waals surface area contributed by atoms with Gasteiger partial charge in [-0.25, -0.2) is 4.98 Å². The highest BCUT2D eigenvalue weighted by atomic mass is 32.2. The Balaban J connectivity index is 1.46. The van der Waals surface area contributed by atoms with E-state index >= 15 is 0 Å². The fourth-order valence-corrected chi connectivity index (χ4v) is 5.97. The van der Waals surface area contributed by atoms with Gasteiger partial charge in [0, 0.05) is 11.3 Å². The maximum absolute atomic E-state index is 12.9. The minimum atomic E-state index is -0.222. The number of benzene rings is 1. The molecule has 4 rings (SSSR count). The molecule has 7 heteroatoms. The molecular weight excluding hydrogens is 412 g/mol. The molecule has 5 nitrogen and oxygen atoms in total. The van der Waals surface area contributed by atoms with E-state index in [-0.39, 0.29) is 11.2 Å². The maximum atomic E-state index is 12.9. The Morgan fingerprint density at radius 2 is 2.00 bits per heavy atom. The second kappa shape index (κ2) is 9.43. The summed E-state index contributed by atoms with van der Waals surface area (Å²) in [5, 5.41) is 15.1. The first-order valence-corrected chi connectivity index (χ1v) is 12.4. The number of aryl methyl sites for hydroxylation is 2. The smallest absolute Gasteiger partial charge is 0.239 e. The molecule has 0 spiro atoms. The largest absolute Gasteiger partial charge is 0.300 e. The number of thioether (sulfide) groups is 1. The van der Waals surface area contributed by atoms with Crippen molar-refractivity contribution in [1.29, 1.82) is 0 Å². The molecule has 0 aliphatic heterocycles. The molecular formula is C23H28N4OS2. The van der Waals surface area contributed by atoms with Crippen molar-refractivity contribution in [1.82, 2.24) is 15.2 Å². The molecule has 1 aliphatic rings. The summed E-state index contributed by atoms with van der Waals surface area (Å²) in [4.78, 5) is 17.8. The molecule has 3 aromatic rings. The van der Waals surface area contributed by atoms with E-state index in [1.54, 1.807) is 0 Å². The van der Waals surface area contributed by atoms with Gasteiger partial charge in [0.1, 0.15) is 5.01 Å². The standard InChI is InChI=1S/C23H28N4OS2/c1-4-18(29-19-13-15(3)17-12-8-9-14(2)20(17)24-19)21(28)25-23-27-26-22(30-23)16-10-6-5-7-11-16/h8-9,12-13,16,18H,4-7,10-11H2,1-3H3,(H,25,27,28). The van der Waals surface area contributed by atoms with Gasteiger partial charge in [-0.3, -0.25) is 10.1 Å². The first-order chi connectivity index (χ1) is 14.5. The molecule has 2 aromatic heterocycles. The minimum Gasteiger partial charge on any atom is -0.300 e. The quantitative estimate of drug-likeness (QED) is 0.458. The van der Waals surface area contributed by atoms with Crippen molar-refractivity contribution in [3.8, 4) is 0 Å². The molecule has 1 atom stereocenters. The molecule has 30 heavy (non-hydrogen) atoms. The van der Waals surface area contributed by atoms with Crippen LogP contribution in [0.15, 0.2) is 29.3 Å². The second-order valence-electron chi connectivity index (χ2n) is 8.03. The molecule has 1 amide bonds. The number of para-hydroxylation sites is 1. The number of amides is 1. The highest BCUT2D eigenvalue weighted by Gasteiger charge is 2.23. The van der Waals surface area contributed by atoms with E-state index in [2.05, 4.69) is 53.6 Å². The Morgan fingerprint density at radius 1 is 1.20 bits per heavy atom. The van der Waals surface area contributed by atoms with Gasteiger partial charge in [-0.15, -0.1) is 10.2 Å². The number of hydrogen-bond acceptors (Lipinski definition) is 6. The zero-order valence-corrected chi connectivity index (χ0v) is 19.4. The average Bonchev–Trinajstić information content (AvgIpc) is 3.22. The van der Waals surface area contributed by atoms with Crippen molar-refractivity contribution in [2.45, 2.75) is 75.5 Å². The highest BCUT2D eigenvalue weighted by Crippen LogP contribution is 2.35. The molecule has 2 heterocycles. The van der Waals surface area contributed by atoms with Gasteiger partial charge in [-0.2, -0.15) is 0 Å². The van der Waals surface area contributed by atoms with Crippen LogP contribution in [0.5, 0.6) is 0 Å². The third-order valence-electron chi connectivity index (χ3n) is 5.78. The Morgan fingerprint density at radius 3 is 2.77 bits per heavy atom. The van der Waals surface area contributed by atoms with Gasteiger partial charge in [0.15, 0.2) is 0 Å². The van der Waals surface area contributed by atoms with E-state index < -0.39 is 0 Å². The van der Waals surface area contributed by atoms with Gasteiger partial charge in [-0.05, 0) is 50.3 Å². The van der Waals surface area contributed by atoms with Crippen molar-refractivity contribution >= 4 is 45.0 Å². The summed E-state index contributed by atoms with van der Waals surface area (Å²) in [6.07, 6.45) is 6.93. The third-order valence-corrected chi connectivity index (χ3v) is 8.06. The number of nitrogens with one attached hydrogen (secondary N) is 1. The molecule has 1 aromatic carbocycles. The lowest BCUT2D eigenvalue weighted by Gasteiger charge is -2.18. The van der Waals surface area contributed by atoms with Crippen molar-refractivity contribution in [2.24, 2.45) is 0 Å². The van der Waals surface area contributed by atoms with Crippen LogP contribution in [0.4, 0.5) is 5.13 Å². The number of nitrogens with zero attached hydrogens (tertiary/aromatic N) is 3. The predicted octanol–water partition coefficient (Wildman–Crippen LogP) is 6.26. The number of carbonyl (C=O) groups excluding carboxylic acids is 1. The fraction of sp³-hybridized carbons (Fsp3) is 0.478. The van der Waals surface area contributed by atoms with Gasteiger partial charge in [-0.1, -0.05) is 67.5 Å². The van der Waals surface area contributed by atoms with Crippen LogP contribution in [0.25, 0.3) is 10.9 Å². The molecule has 158 valence electrons. The van der Waals surface area contributed by atoms with E-state index in [0.29, 0.717) is 11.0 Å². The molecule has 1 aliphatic carbocycles. The summed E-state index contributed by atoms with van der Waals surface area (Å²) in [6.45, 7) is 6.21. The van der Waals surface area contributed by atoms with Crippen LogP contribution < -0.4 is 5.32 Å². The Labute approximate surface area is 186 Å². The Bertz CT molecular complexity index is 1040. The van der Waals surface area contributed by atoms with E-state index in [1.165, 1.54) is 66.2 Å². The summed E-state index contributed by atoms with van der Waals surface area (Å²) in [5.41, 5.74) is 3.35. The number of hydrogen-bond donors (Lipinski definition) is 1. The Kier molecular flexibility index (Phi) is 6.68. The zero-order valence-electron chi connectivity index (χ0n) is 17.8. The van der Waals surface area contributed by atoms with Gasteiger partial charge in [0.25, 0.3) is 0 Å². The van der Waals surface area contributed by atoms with Crippen molar-refractivity contribution in [3.05, 3.63) is 40.4 Å². The molecule has 1 N–H and O–H groups in total. The number of fused-ring (bicyclic) bond motifs is 1. The number of rotatable bonds is 6. The summed E-state index contributed by atoms with van der Waals surface area (Å²) in [7, 11) is 0. The molecule has 1 unspecified atom stereocenters. The van der Waals surface area contributed by atoms with Crippen LogP contribution in [0, 0.1) is 13.8 Å². The van der Waals surface area contributed by atoms with Crippen molar-refractivity contribution in [2.75, 3.05) is 5.32 Å². The number of carbonyl (C=O) groups is 1. The molecule has 0 bridgehead atoms. The number of aromatic nitrogens is 3. The SMILES string of the molecule is CCC(Sc1cc(C)c2cccc(C)c2n1)C(=O)Nc1nnc(C2CCCCC2)s1. The topological polar surface area (TPSA) is 67.8 Å². The summed E-state index contributed by atoms with van der Waals surface area (Å²) in [5.74, 6) is 0.476.